The molecule has 1 fully saturated rings. The lowest BCUT2D eigenvalue weighted by molar-refractivity contribution is 0.0734. The Balaban J connectivity index is 2.04. The van der Waals surface area contributed by atoms with Crippen molar-refractivity contribution in [3.05, 3.63) is 20.8 Å². The van der Waals surface area contributed by atoms with Crippen molar-refractivity contribution in [2.24, 2.45) is 5.92 Å². The molecule has 0 aliphatic carbocycles. The monoisotopic (exact) mass is 300 g/mol. The van der Waals surface area contributed by atoms with E-state index in [-0.39, 0.29) is 5.91 Å². The van der Waals surface area contributed by atoms with Crippen molar-refractivity contribution >= 4 is 28.8 Å². The highest BCUT2D eigenvalue weighted by Crippen LogP contribution is 2.28. The molecule has 0 aromatic carbocycles. The van der Waals surface area contributed by atoms with Gasteiger partial charge in [0, 0.05) is 13.1 Å². The summed E-state index contributed by atoms with van der Waals surface area (Å²) in [6.07, 6.45) is 2.41. The molecule has 1 aromatic rings. The summed E-state index contributed by atoms with van der Waals surface area (Å²) >= 11 is 7.65. The Bertz CT molecular complexity index is 441. The van der Waals surface area contributed by atoms with Crippen LogP contribution < -0.4 is 5.32 Å². The molecule has 0 radical (unpaired) electrons. The van der Waals surface area contributed by atoms with E-state index in [4.69, 9.17) is 11.6 Å². The average Bonchev–Trinajstić information content (AvgIpc) is 2.77. The number of halogens is 1. The standard InChI is InChI=1S/C14H21ClN2OS/c1-3-17(8-11-5-4-6-16-7-11)14(18)13-12(15)10(2)9-19-13/h9,11,16H,3-8H2,1-2H3. The molecule has 0 bridgehead atoms. The van der Waals surface area contributed by atoms with Crippen LogP contribution in [0.5, 0.6) is 0 Å². The molecule has 3 nitrogen and oxygen atoms in total. The minimum atomic E-state index is 0.0798. The first kappa shape index (κ1) is 14.8. The lowest BCUT2D eigenvalue weighted by atomic mass is 9.99. The summed E-state index contributed by atoms with van der Waals surface area (Å²) in [6.45, 7) is 7.66. The lowest BCUT2D eigenvalue weighted by Gasteiger charge is -2.29. The third-order valence-corrected chi connectivity index (χ3v) is 5.32. The number of piperidine rings is 1. The number of hydrogen-bond donors (Lipinski definition) is 1. The molecule has 1 N–H and O–H groups in total. The molecule has 0 spiro atoms. The summed E-state index contributed by atoms with van der Waals surface area (Å²) < 4.78 is 0. The zero-order valence-corrected chi connectivity index (χ0v) is 13.1. The molecule has 1 atom stereocenters. The van der Waals surface area contributed by atoms with Crippen LogP contribution in [-0.2, 0) is 0 Å². The molecule has 19 heavy (non-hydrogen) atoms. The van der Waals surface area contributed by atoms with E-state index in [0.29, 0.717) is 15.8 Å². The normalized spacial score (nSPS) is 19.4. The molecule has 1 aromatic heterocycles. The molecule has 1 amide bonds. The van der Waals surface area contributed by atoms with Gasteiger partial charge in [0.25, 0.3) is 5.91 Å². The molecule has 2 rings (SSSR count). The first-order chi connectivity index (χ1) is 9.13. The zero-order valence-electron chi connectivity index (χ0n) is 11.5. The van der Waals surface area contributed by atoms with E-state index in [2.05, 4.69) is 5.32 Å². The number of aryl methyl sites for hydroxylation is 1. The summed E-state index contributed by atoms with van der Waals surface area (Å²) in [5.41, 5.74) is 0.991. The summed E-state index contributed by atoms with van der Waals surface area (Å²) in [5, 5.41) is 5.97. The van der Waals surface area contributed by atoms with Crippen molar-refractivity contribution in [3.8, 4) is 0 Å². The highest BCUT2D eigenvalue weighted by Gasteiger charge is 2.23. The Hall–Kier alpha value is -0.580. The topological polar surface area (TPSA) is 32.3 Å². The minimum Gasteiger partial charge on any atom is -0.338 e. The van der Waals surface area contributed by atoms with E-state index >= 15 is 0 Å². The highest BCUT2D eigenvalue weighted by atomic mass is 35.5. The van der Waals surface area contributed by atoms with Crippen LogP contribution in [0.2, 0.25) is 5.02 Å². The number of thiophene rings is 1. The molecule has 106 valence electrons. The Morgan fingerprint density at radius 1 is 1.63 bits per heavy atom. The van der Waals surface area contributed by atoms with Crippen molar-refractivity contribution in [1.29, 1.82) is 0 Å². The lowest BCUT2D eigenvalue weighted by Crippen LogP contribution is -2.40. The van der Waals surface area contributed by atoms with Gasteiger partial charge >= 0.3 is 0 Å². The van der Waals surface area contributed by atoms with Crippen molar-refractivity contribution in [2.45, 2.75) is 26.7 Å². The molecule has 1 saturated heterocycles. The van der Waals surface area contributed by atoms with E-state index in [0.717, 1.165) is 31.7 Å². The highest BCUT2D eigenvalue weighted by molar-refractivity contribution is 7.13. The number of amides is 1. The van der Waals surface area contributed by atoms with Gasteiger partial charge in [-0.2, -0.15) is 0 Å². The quantitative estimate of drug-likeness (QED) is 0.926. The smallest absolute Gasteiger partial charge is 0.265 e. The van der Waals surface area contributed by atoms with Crippen LogP contribution in [0.3, 0.4) is 0 Å². The fraction of sp³-hybridized carbons (Fsp3) is 0.643. The van der Waals surface area contributed by atoms with Crippen LogP contribution in [0, 0.1) is 12.8 Å². The SMILES string of the molecule is CCN(CC1CCCNC1)C(=O)c1scc(C)c1Cl. The van der Waals surface area contributed by atoms with E-state index in [9.17, 15) is 4.79 Å². The van der Waals surface area contributed by atoms with Crippen LogP contribution in [0.4, 0.5) is 0 Å². The molecule has 1 aliphatic rings. The Morgan fingerprint density at radius 2 is 2.42 bits per heavy atom. The average molecular weight is 301 g/mol. The third kappa shape index (κ3) is 3.50. The van der Waals surface area contributed by atoms with Gasteiger partial charge in [-0.15, -0.1) is 11.3 Å². The molecule has 2 heterocycles. The molecule has 5 heteroatoms. The van der Waals surface area contributed by atoms with Crippen molar-refractivity contribution in [3.63, 3.8) is 0 Å². The Morgan fingerprint density at radius 3 is 2.95 bits per heavy atom. The maximum atomic E-state index is 12.5. The summed E-state index contributed by atoms with van der Waals surface area (Å²) in [4.78, 5) is 15.1. The summed E-state index contributed by atoms with van der Waals surface area (Å²) in [7, 11) is 0. The predicted molar refractivity (Wildman–Crippen MR) is 81.2 cm³/mol. The number of carbonyl (C=O) groups excluding carboxylic acids is 1. The summed E-state index contributed by atoms with van der Waals surface area (Å²) in [6, 6.07) is 0. The van der Waals surface area contributed by atoms with Gasteiger partial charge in [-0.3, -0.25) is 4.79 Å². The first-order valence-electron chi connectivity index (χ1n) is 6.87. The number of nitrogens with one attached hydrogen (secondary N) is 1. The van der Waals surface area contributed by atoms with Crippen LogP contribution in [-0.4, -0.2) is 37.0 Å². The van der Waals surface area contributed by atoms with Gasteiger partial charge in [0.2, 0.25) is 0 Å². The number of hydrogen-bond acceptors (Lipinski definition) is 3. The first-order valence-corrected chi connectivity index (χ1v) is 8.12. The second kappa shape index (κ2) is 6.73. The van der Waals surface area contributed by atoms with E-state index in [1.54, 1.807) is 0 Å². The van der Waals surface area contributed by atoms with Gasteiger partial charge in [0.1, 0.15) is 4.88 Å². The van der Waals surface area contributed by atoms with Gasteiger partial charge < -0.3 is 10.2 Å². The van der Waals surface area contributed by atoms with Crippen LogP contribution in [0.25, 0.3) is 0 Å². The fourth-order valence-corrected chi connectivity index (χ4v) is 3.71. The van der Waals surface area contributed by atoms with Crippen molar-refractivity contribution < 1.29 is 4.79 Å². The van der Waals surface area contributed by atoms with E-state index in [1.165, 1.54) is 24.2 Å². The van der Waals surface area contributed by atoms with Crippen LogP contribution in [0.1, 0.15) is 35.0 Å². The van der Waals surface area contributed by atoms with Gasteiger partial charge in [-0.05, 0) is 56.6 Å². The zero-order chi connectivity index (χ0) is 13.8. The van der Waals surface area contributed by atoms with Crippen molar-refractivity contribution in [1.82, 2.24) is 10.2 Å². The van der Waals surface area contributed by atoms with Crippen LogP contribution >= 0.6 is 22.9 Å². The van der Waals surface area contributed by atoms with Gasteiger partial charge in [0.15, 0.2) is 0 Å². The minimum absolute atomic E-state index is 0.0798. The number of nitrogens with zero attached hydrogens (tertiary/aromatic N) is 1. The second-order valence-corrected chi connectivity index (χ2v) is 6.38. The van der Waals surface area contributed by atoms with E-state index in [1.807, 2.05) is 24.1 Å². The Labute approximate surface area is 123 Å². The molecular weight excluding hydrogens is 280 g/mol. The maximum Gasteiger partial charge on any atom is 0.265 e. The van der Waals surface area contributed by atoms with Crippen molar-refractivity contribution in [2.75, 3.05) is 26.2 Å². The number of carbonyl (C=O) groups is 1. The van der Waals surface area contributed by atoms with Gasteiger partial charge in [-0.25, -0.2) is 0 Å². The number of rotatable bonds is 4. The van der Waals surface area contributed by atoms with Gasteiger partial charge in [-0.1, -0.05) is 11.6 Å². The van der Waals surface area contributed by atoms with Crippen LogP contribution in [0.15, 0.2) is 5.38 Å². The summed E-state index contributed by atoms with van der Waals surface area (Å²) in [5.74, 6) is 0.647. The molecular formula is C14H21ClN2OS. The second-order valence-electron chi connectivity index (χ2n) is 5.12. The van der Waals surface area contributed by atoms with Gasteiger partial charge in [0.05, 0.1) is 5.02 Å². The molecule has 1 unspecified atom stereocenters. The largest absolute Gasteiger partial charge is 0.338 e. The Kier molecular flexibility index (Phi) is 5.25. The predicted octanol–water partition coefficient (Wildman–Crippen LogP) is 3.17. The fourth-order valence-electron chi connectivity index (χ4n) is 2.46. The van der Waals surface area contributed by atoms with E-state index < -0.39 is 0 Å². The maximum absolute atomic E-state index is 12.5. The molecule has 0 saturated carbocycles. The third-order valence-electron chi connectivity index (χ3n) is 3.64. The molecule has 1 aliphatic heterocycles.